The van der Waals surface area contributed by atoms with Crippen molar-refractivity contribution >= 4 is 23.0 Å². The number of nitrogens with zero attached hydrogens (tertiary/aromatic N) is 3. The van der Waals surface area contributed by atoms with Gasteiger partial charge in [-0.2, -0.15) is 0 Å². The molecule has 3 heterocycles. The normalized spacial score (nSPS) is 15.4. The number of ether oxygens (including phenoxy) is 1. The fourth-order valence-corrected chi connectivity index (χ4v) is 5.37. The Morgan fingerprint density at radius 2 is 1.83 bits per heavy atom. The van der Waals surface area contributed by atoms with E-state index in [1.54, 1.807) is 38.6 Å². The molecule has 5 rings (SSSR count). The Hall–Kier alpha value is -4.30. The van der Waals surface area contributed by atoms with Crippen molar-refractivity contribution < 1.29 is 19.4 Å². The summed E-state index contributed by atoms with van der Waals surface area (Å²) < 4.78 is 5.32. The Kier molecular flexibility index (Phi) is 6.35. The zero-order valence-electron chi connectivity index (χ0n) is 19.7. The van der Waals surface area contributed by atoms with Gasteiger partial charge in [-0.3, -0.25) is 14.6 Å². The van der Waals surface area contributed by atoms with Crippen LogP contribution in [0.4, 0.5) is 0 Å². The van der Waals surface area contributed by atoms with Gasteiger partial charge in [0.2, 0.25) is 5.78 Å². The largest absolute Gasteiger partial charge is 0.503 e. The summed E-state index contributed by atoms with van der Waals surface area (Å²) in [4.78, 5) is 37.8. The van der Waals surface area contributed by atoms with Crippen LogP contribution in [0.15, 0.2) is 90.5 Å². The highest BCUT2D eigenvalue weighted by atomic mass is 32.1. The molecule has 0 bridgehead atoms. The quantitative estimate of drug-likeness (QED) is 0.348. The third-order valence-electron chi connectivity index (χ3n) is 6.08. The maximum atomic E-state index is 13.9. The SMILES string of the molecule is COc1cccc(CN2C(=O)C(O)=C(C(=O)c3sc(-c4ccccc4)nc3C)C2c2ccncc2)c1. The van der Waals surface area contributed by atoms with Gasteiger partial charge in [-0.1, -0.05) is 42.5 Å². The summed E-state index contributed by atoms with van der Waals surface area (Å²) in [6, 6.07) is 19.7. The van der Waals surface area contributed by atoms with E-state index in [1.807, 2.05) is 54.6 Å². The van der Waals surface area contributed by atoms with Crippen molar-refractivity contribution in [1.82, 2.24) is 14.9 Å². The first-order valence-electron chi connectivity index (χ1n) is 11.3. The second-order valence-corrected chi connectivity index (χ2v) is 9.36. The zero-order chi connectivity index (χ0) is 25.2. The summed E-state index contributed by atoms with van der Waals surface area (Å²) >= 11 is 1.25. The molecule has 1 aliphatic heterocycles. The topological polar surface area (TPSA) is 92.6 Å². The van der Waals surface area contributed by atoms with Crippen LogP contribution >= 0.6 is 11.3 Å². The lowest BCUT2D eigenvalue weighted by Crippen LogP contribution is -2.30. The number of rotatable bonds is 7. The average Bonchev–Trinajstić information content (AvgIpc) is 3.42. The average molecular weight is 498 g/mol. The third kappa shape index (κ3) is 4.27. The minimum Gasteiger partial charge on any atom is -0.503 e. The molecule has 2 aromatic heterocycles. The van der Waals surface area contributed by atoms with Gasteiger partial charge in [0.05, 0.1) is 29.3 Å². The van der Waals surface area contributed by atoms with Crippen LogP contribution in [-0.2, 0) is 11.3 Å². The Morgan fingerprint density at radius 3 is 2.56 bits per heavy atom. The summed E-state index contributed by atoms with van der Waals surface area (Å²) in [5.41, 5.74) is 2.98. The fraction of sp³-hybridized carbons (Fsp3) is 0.143. The number of carbonyl (C=O) groups excluding carboxylic acids is 2. The maximum Gasteiger partial charge on any atom is 0.290 e. The molecule has 1 N–H and O–H groups in total. The summed E-state index contributed by atoms with van der Waals surface area (Å²) in [7, 11) is 1.57. The molecule has 8 heteroatoms. The van der Waals surface area contributed by atoms with E-state index < -0.39 is 23.5 Å². The minimum atomic E-state index is -0.777. The van der Waals surface area contributed by atoms with E-state index in [0.29, 0.717) is 26.9 Å². The van der Waals surface area contributed by atoms with E-state index >= 15 is 0 Å². The van der Waals surface area contributed by atoms with Crippen LogP contribution in [0.2, 0.25) is 0 Å². The molecule has 0 spiro atoms. The van der Waals surface area contributed by atoms with Crippen molar-refractivity contribution in [2.75, 3.05) is 7.11 Å². The summed E-state index contributed by atoms with van der Waals surface area (Å²) in [5.74, 6) is -0.901. The van der Waals surface area contributed by atoms with Crippen molar-refractivity contribution in [1.29, 1.82) is 0 Å². The molecule has 1 unspecified atom stereocenters. The number of methoxy groups -OCH3 is 1. The van der Waals surface area contributed by atoms with E-state index in [9.17, 15) is 14.7 Å². The van der Waals surface area contributed by atoms with Crippen LogP contribution in [0.1, 0.15) is 32.5 Å². The van der Waals surface area contributed by atoms with Gasteiger partial charge in [-0.15, -0.1) is 11.3 Å². The molecule has 0 fully saturated rings. The lowest BCUT2D eigenvalue weighted by atomic mass is 9.95. The highest BCUT2D eigenvalue weighted by Crippen LogP contribution is 2.41. The van der Waals surface area contributed by atoms with Gasteiger partial charge in [0.25, 0.3) is 5.91 Å². The Balaban J connectivity index is 1.56. The van der Waals surface area contributed by atoms with Crippen LogP contribution < -0.4 is 4.74 Å². The summed E-state index contributed by atoms with van der Waals surface area (Å²) in [6.07, 6.45) is 3.21. The molecule has 0 radical (unpaired) electrons. The number of amides is 1. The van der Waals surface area contributed by atoms with Crippen LogP contribution in [0.25, 0.3) is 10.6 Å². The van der Waals surface area contributed by atoms with Crippen molar-refractivity contribution in [3.05, 3.63) is 112 Å². The number of ketones is 1. The van der Waals surface area contributed by atoms with E-state index in [2.05, 4.69) is 9.97 Å². The Labute approximate surface area is 212 Å². The van der Waals surface area contributed by atoms with Gasteiger partial charge >= 0.3 is 0 Å². The van der Waals surface area contributed by atoms with E-state index in [1.165, 1.54) is 16.2 Å². The molecule has 0 aliphatic carbocycles. The molecule has 180 valence electrons. The van der Waals surface area contributed by atoms with Crippen molar-refractivity contribution in [3.8, 4) is 16.3 Å². The molecular weight excluding hydrogens is 474 g/mol. The number of aliphatic hydroxyl groups is 1. The van der Waals surface area contributed by atoms with Gasteiger partial charge in [0.1, 0.15) is 10.8 Å². The second-order valence-electron chi connectivity index (χ2n) is 8.36. The van der Waals surface area contributed by atoms with Crippen molar-refractivity contribution in [2.24, 2.45) is 0 Å². The van der Waals surface area contributed by atoms with Gasteiger partial charge in [-0.05, 0) is 42.3 Å². The fourth-order valence-electron chi connectivity index (χ4n) is 4.34. The van der Waals surface area contributed by atoms with E-state index in [4.69, 9.17) is 4.74 Å². The van der Waals surface area contributed by atoms with E-state index in [-0.39, 0.29) is 12.1 Å². The number of pyridine rings is 1. The number of aromatic nitrogens is 2. The molecular formula is C28H23N3O4S. The Morgan fingerprint density at radius 1 is 1.08 bits per heavy atom. The number of aliphatic hydroxyl groups excluding tert-OH is 1. The number of carbonyl (C=O) groups is 2. The summed E-state index contributed by atoms with van der Waals surface area (Å²) in [5, 5.41) is 11.7. The van der Waals surface area contributed by atoms with Gasteiger partial charge in [0.15, 0.2) is 5.76 Å². The number of thiazole rings is 1. The van der Waals surface area contributed by atoms with Gasteiger partial charge in [-0.25, -0.2) is 4.98 Å². The number of hydrogen-bond acceptors (Lipinski definition) is 7. The van der Waals surface area contributed by atoms with Crippen LogP contribution in [-0.4, -0.2) is 38.8 Å². The van der Waals surface area contributed by atoms with Crippen LogP contribution in [0.3, 0.4) is 0 Å². The molecule has 1 aliphatic rings. The molecule has 36 heavy (non-hydrogen) atoms. The zero-order valence-corrected chi connectivity index (χ0v) is 20.5. The molecule has 0 saturated carbocycles. The lowest BCUT2D eigenvalue weighted by Gasteiger charge is -2.27. The monoisotopic (exact) mass is 497 g/mol. The third-order valence-corrected chi connectivity index (χ3v) is 7.29. The van der Waals surface area contributed by atoms with Crippen LogP contribution in [0, 0.1) is 6.92 Å². The summed E-state index contributed by atoms with van der Waals surface area (Å²) in [6.45, 7) is 1.95. The minimum absolute atomic E-state index is 0.0421. The predicted octanol–water partition coefficient (Wildman–Crippen LogP) is 5.30. The molecule has 4 aromatic rings. The lowest BCUT2D eigenvalue weighted by molar-refractivity contribution is -0.130. The van der Waals surface area contributed by atoms with Crippen molar-refractivity contribution in [2.45, 2.75) is 19.5 Å². The molecule has 7 nitrogen and oxygen atoms in total. The van der Waals surface area contributed by atoms with Crippen LogP contribution in [0.5, 0.6) is 5.75 Å². The molecule has 1 atom stereocenters. The Bertz CT molecular complexity index is 1460. The number of hydrogen-bond donors (Lipinski definition) is 1. The first kappa shape index (κ1) is 23.4. The highest BCUT2D eigenvalue weighted by Gasteiger charge is 2.44. The smallest absolute Gasteiger partial charge is 0.290 e. The van der Waals surface area contributed by atoms with E-state index in [0.717, 1.165) is 11.1 Å². The van der Waals surface area contributed by atoms with Gasteiger partial charge < -0.3 is 14.7 Å². The number of benzene rings is 2. The standard InChI is InChI=1S/C28H23N3O4S/c1-17-26(36-27(30-17)20-8-4-3-5-9-20)24(32)22-23(19-11-13-29-14-12-19)31(28(34)25(22)33)16-18-7-6-10-21(15-18)35-2/h3-15,23,33H,16H2,1-2H3. The highest BCUT2D eigenvalue weighted by molar-refractivity contribution is 7.17. The first-order chi connectivity index (χ1) is 17.5. The second kappa shape index (κ2) is 9.75. The van der Waals surface area contributed by atoms with Gasteiger partial charge in [0, 0.05) is 24.5 Å². The first-order valence-corrected chi connectivity index (χ1v) is 12.1. The predicted molar refractivity (Wildman–Crippen MR) is 137 cm³/mol. The molecule has 2 aromatic carbocycles. The molecule has 1 amide bonds. The molecule has 0 saturated heterocycles. The number of aryl methyl sites for hydroxylation is 1. The van der Waals surface area contributed by atoms with Crippen molar-refractivity contribution in [3.63, 3.8) is 0 Å². The maximum absolute atomic E-state index is 13.9. The number of Topliss-reactive ketones (excluding diaryl/α,β-unsaturated/α-hetero) is 1.